The smallest absolute Gasteiger partial charge is 0.313 e. The van der Waals surface area contributed by atoms with Gasteiger partial charge in [0.05, 0.1) is 6.04 Å². The Bertz CT molecular complexity index is 858. The van der Waals surface area contributed by atoms with E-state index in [1.165, 1.54) is 6.42 Å². The summed E-state index contributed by atoms with van der Waals surface area (Å²) in [6.45, 7) is 0. The largest absolute Gasteiger partial charge is 0.481 e. The number of carboxylic acid groups (broad SMARTS) is 1. The monoisotopic (exact) mass is 383 g/mol. The Labute approximate surface area is 163 Å². The van der Waals surface area contributed by atoms with Crippen LogP contribution in [-0.4, -0.2) is 27.9 Å². The fraction of sp³-hybridized carbons (Fsp3) is 0.364. The van der Waals surface area contributed by atoms with Crippen molar-refractivity contribution in [2.24, 2.45) is 0 Å². The summed E-state index contributed by atoms with van der Waals surface area (Å²) in [7, 11) is 0. The van der Waals surface area contributed by atoms with E-state index in [1.54, 1.807) is 36.4 Å². The third-order valence-electron chi connectivity index (χ3n) is 5.82. The van der Waals surface area contributed by atoms with E-state index in [1.807, 2.05) is 17.0 Å². The van der Waals surface area contributed by atoms with Crippen molar-refractivity contribution >= 4 is 23.5 Å². The van der Waals surface area contributed by atoms with E-state index in [9.17, 15) is 14.7 Å². The number of aliphatic carboxylic acids is 1. The predicted molar refractivity (Wildman–Crippen MR) is 104 cm³/mol. The highest BCUT2D eigenvalue weighted by atomic mass is 35.5. The van der Waals surface area contributed by atoms with Crippen LogP contribution >= 0.6 is 11.6 Å². The second-order valence-electron chi connectivity index (χ2n) is 7.40. The van der Waals surface area contributed by atoms with Gasteiger partial charge in [-0.2, -0.15) is 0 Å². The summed E-state index contributed by atoms with van der Waals surface area (Å²) in [4.78, 5) is 27.6. The zero-order valence-electron chi connectivity index (χ0n) is 15.0. The molecule has 2 atom stereocenters. The number of halogens is 1. The fourth-order valence-corrected chi connectivity index (χ4v) is 4.72. The Morgan fingerprint density at radius 2 is 1.67 bits per heavy atom. The number of carbonyl (C=O) groups is 2. The van der Waals surface area contributed by atoms with Gasteiger partial charge < -0.3 is 10.0 Å². The minimum absolute atomic E-state index is 0.0602. The first-order valence-corrected chi connectivity index (χ1v) is 9.85. The molecule has 1 heterocycles. The van der Waals surface area contributed by atoms with Crippen LogP contribution in [-0.2, 0) is 4.79 Å². The van der Waals surface area contributed by atoms with E-state index >= 15 is 0 Å². The highest BCUT2D eigenvalue weighted by Crippen LogP contribution is 2.45. The quantitative estimate of drug-likeness (QED) is 0.807. The van der Waals surface area contributed by atoms with Crippen molar-refractivity contribution in [3.8, 4) is 0 Å². The van der Waals surface area contributed by atoms with E-state index in [0.717, 1.165) is 31.2 Å². The molecule has 1 aliphatic heterocycles. The molecule has 1 amide bonds. The predicted octanol–water partition coefficient (Wildman–Crippen LogP) is 5.04. The van der Waals surface area contributed by atoms with E-state index < -0.39 is 17.9 Å². The number of amides is 1. The minimum atomic E-state index is -0.907. The molecule has 0 radical (unpaired) electrons. The van der Waals surface area contributed by atoms with Crippen LogP contribution in [0.2, 0.25) is 5.02 Å². The van der Waals surface area contributed by atoms with Gasteiger partial charge in [-0.15, -0.1) is 0 Å². The molecule has 140 valence electrons. The lowest BCUT2D eigenvalue weighted by Gasteiger charge is -2.46. The molecular formula is C22H22ClNO3. The number of rotatable bonds is 3. The number of hydrogen-bond acceptors (Lipinski definition) is 2. The molecule has 4 nitrogen and oxygen atoms in total. The van der Waals surface area contributed by atoms with E-state index in [0.29, 0.717) is 16.1 Å². The third kappa shape index (κ3) is 3.23. The lowest BCUT2D eigenvalue weighted by Crippen LogP contribution is -2.50. The van der Waals surface area contributed by atoms with Crippen LogP contribution in [0, 0.1) is 0 Å². The van der Waals surface area contributed by atoms with Crippen LogP contribution in [0.1, 0.15) is 65.5 Å². The average molecular weight is 384 g/mol. The highest BCUT2D eigenvalue weighted by Gasteiger charge is 2.46. The summed E-state index contributed by atoms with van der Waals surface area (Å²) in [6, 6.07) is 13.9. The van der Waals surface area contributed by atoms with Gasteiger partial charge in [-0.1, -0.05) is 61.2 Å². The number of hydrogen-bond donors (Lipinski definition) is 1. The van der Waals surface area contributed by atoms with Gasteiger partial charge in [0, 0.05) is 16.6 Å². The molecule has 1 fully saturated rings. The molecule has 0 aromatic heterocycles. The molecule has 1 saturated carbocycles. The van der Waals surface area contributed by atoms with Gasteiger partial charge >= 0.3 is 5.97 Å². The maximum absolute atomic E-state index is 13.4. The van der Waals surface area contributed by atoms with Crippen LogP contribution in [0.4, 0.5) is 0 Å². The number of carboxylic acids is 1. The van der Waals surface area contributed by atoms with Crippen molar-refractivity contribution in [1.29, 1.82) is 0 Å². The summed E-state index contributed by atoms with van der Waals surface area (Å²) in [5.41, 5.74) is 1.93. The van der Waals surface area contributed by atoms with Crippen molar-refractivity contribution in [3.05, 3.63) is 70.2 Å². The average Bonchev–Trinajstić information content (AvgIpc) is 2.69. The first-order chi connectivity index (χ1) is 13.1. The molecule has 2 aromatic carbocycles. The molecule has 2 aliphatic rings. The van der Waals surface area contributed by atoms with E-state index in [4.69, 9.17) is 11.6 Å². The topological polar surface area (TPSA) is 57.6 Å². The Morgan fingerprint density at radius 1 is 1.00 bits per heavy atom. The number of carbonyl (C=O) groups excluding carboxylic acids is 1. The van der Waals surface area contributed by atoms with Crippen LogP contribution in [0.15, 0.2) is 48.5 Å². The Morgan fingerprint density at radius 3 is 2.33 bits per heavy atom. The minimum Gasteiger partial charge on any atom is -0.481 e. The van der Waals surface area contributed by atoms with Crippen molar-refractivity contribution in [2.45, 2.75) is 50.1 Å². The van der Waals surface area contributed by atoms with Crippen molar-refractivity contribution < 1.29 is 14.7 Å². The lowest BCUT2D eigenvalue weighted by molar-refractivity contribution is -0.141. The Hall–Kier alpha value is -2.33. The molecule has 1 aliphatic carbocycles. The second kappa shape index (κ2) is 7.35. The van der Waals surface area contributed by atoms with Gasteiger partial charge in [-0.3, -0.25) is 9.59 Å². The summed E-state index contributed by atoms with van der Waals surface area (Å²) in [6.07, 6.45) is 5.15. The molecule has 5 heteroatoms. The zero-order valence-corrected chi connectivity index (χ0v) is 15.7. The standard InChI is InChI=1S/C22H22ClNO3/c23-15-12-10-14(11-13-15)20-19(22(26)27)17-8-4-5-9-18(17)21(25)24(20)16-6-2-1-3-7-16/h4-5,8-13,16,19-20H,1-3,6-7H2,(H,26,27). The van der Waals surface area contributed by atoms with E-state index in [2.05, 4.69) is 0 Å². The van der Waals surface area contributed by atoms with Gasteiger partial charge in [0.2, 0.25) is 0 Å². The first kappa shape index (κ1) is 18.1. The van der Waals surface area contributed by atoms with Crippen molar-refractivity contribution in [1.82, 2.24) is 4.90 Å². The number of nitrogens with zero attached hydrogens (tertiary/aromatic N) is 1. The lowest BCUT2D eigenvalue weighted by atomic mass is 9.77. The van der Waals surface area contributed by atoms with Crippen LogP contribution in [0.5, 0.6) is 0 Å². The maximum Gasteiger partial charge on any atom is 0.313 e. The van der Waals surface area contributed by atoms with Gasteiger partial charge in [0.25, 0.3) is 5.91 Å². The third-order valence-corrected chi connectivity index (χ3v) is 6.07. The molecule has 2 unspecified atom stereocenters. The van der Waals surface area contributed by atoms with Gasteiger partial charge in [0.1, 0.15) is 5.92 Å². The molecule has 27 heavy (non-hydrogen) atoms. The van der Waals surface area contributed by atoms with Crippen LogP contribution in [0.3, 0.4) is 0 Å². The van der Waals surface area contributed by atoms with Gasteiger partial charge in [-0.05, 0) is 42.2 Å². The van der Waals surface area contributed by atoms with Crippen molar-refractivity contribution in [2.75, 3.05) is 0 Å². The normalized spacial score (nSPS) is 23.1. The first-order valence-electron chi connectivity index (χ1n) is 9.48. The molecule has 4 rings (SSSR count). The SMILES string of the molecule is O=C(O)C1c2ccccc2C(=O)N(C2CCCCC2)C1c1ccc(Cl)cc1. The summed E-state index contributed by atoms with van der Waals surface area (Å²) in [5.74, 6) is -1.76. The molecule has 2 aromatic rings. The molecule has 1 N–H and O–H groups in total. The molecular weight excluding hydrogens is 362 g/mol. The van der Waals surface area contributed by atoms with Gasteiger partial charge in [0.15, 0.2) is 0 Å². The van der Waals surface area contributed by atoms with E-state index in [-0.39, 0.29) is 11.9 Å². The Kier molecular flexibility index (Phi) is 4.92. The molecule has 0 spiro atoms. The number of benzene rings is 2. The number of fused-ring (bicyclic) bond motifs is 1. The maximum atomic E-state index is 13.4. The molecule has 0 saturated heterocycles. The summed E-state index contributed by atoms with van der Waals surface area (Å²) < 4.78 is 0. The van der Waals surface area contributed by atoms with Crippen LogP contribution < -0.4 is 0 Å². The summed E-state index contributed by atoms with van der Waals surface area (Å²) in [5, 5.41) is 10.7. The fourth-order valence-electron chi connectivity index (χ4n) is 4.59. The molecule has 0 bridgehead atoms. The zero-order chi connectivity index (χ0) is 19.0. The van der Waals surface area contributed by atoms with Crippen molar-refractivity contribution in [3.63, 3.8) is 0 Å². The Balaban J connectivity index is 1.89. The van der Waals surface area contributed by atoms with Crippen LogP contribution in [0.25, 0.3) is 0 Å². The highest BCUT2D eigenvalue weighted by molar-refractivity contribution is 6.30. The van der Waals surface area contributed by atoms with Gasteiger partial charge in [-0.25, -0.2) is 0 Å². The second-order valence-corrected chi connectivity index (χ2v) is 7.84. The summed E-state index contributed by atoms with van der Waals surface area (Å²) >= 11 is 6.05.